The van der Waals surface area contributed by atoms with E-state index in [4.69, 9.17) is 9.84 Å². The van der Waals surface area contributed by atoms with Gasteiger partial charge in [-0.2, -0.15) is 0 Å². The van der Waals surface area contributed by atoms with E-state index in [9.17, 15) is 4.79 Å². The summed E-state index contributed by atoms with van der Waals surface area (Å²) in [6.45, 7) is 1.70. The molecular weight excluding hydrogens is 270 g/mol. The van der Waals surface area contributed by atoms with E-state index >= 15 is 0 Å². The lowest BCUT2D eigenvalue weighted by Crippen LogP contribution is -2.39. The molecule has 0 aromatic carbocycles. The Hall–Kier alpha value is -1.19. The van der Waals surface area contributed by atoms with Gasteiger partial charge in [0.2, 0.25) is 11.1 Å². The summed E-state index contributed by atoms with van der Waals surface area (Å²) in [6, 6.07) is 0.204. The monoisotopic (exact) mass is 287 g/mol. The number of carbonyl (C=O) groups is 1. The Morgan fingerprint density at radius 3 is 3.05 bits per heavy atom. The van der Waals surface area contributed by atoms with Crippen LogP contribution in [0.4, 0.5) is 0 Å². The number of ether oxygens (including phenoxy) is 1. The van der Waals surface area contributed by atoms with Crippen molar-refractivity contribution < 1.29 is 14.6 Å². The fraction of sp³-hybridized carbons (Fsp3) is 0.800. The second-order valence-electron chi connectivity index (χ2n) is 4.15. The van der Waals surface area contributed by atoms with Crippen LogP contribution in [0.1, 0.15) is 12.8 Å². The van der Waals surface area contributed by atoms with E-state index in [1.807, 2.05) is 0 Å². The number of thioether (sulfide) groups is 1. The number of tetrazole rings is 1. The number of hydrogen-bond donors (Lipinski definition) is 2. The van der Waals surface area contributed by atoms with Crippen molar-refractivity contribution in [2.24, 2.45) is 0 Å². The van der Waals surface area contributed by atoms with Gasteiger partial charge >= 0.3 is 0 Å². The first-order valence-electron chi connectivity index (χ1n) is 6.16. The van der Waals surface area contributed by atoms with Crippen LogP contribution in [0.3, 0.4) is 0 Å². The molecule has 1 aromatic heterocycles. The van der Waals surface area contributed by atoms with Crippen molar-refractivity contribution in [3.63, 3.8) is 0 Å². The summed E-state index contributed by atoms with van der Waals surface area (Å²) in [6.07, 6.45) is 1.72. The molecule has 1 aromatic rings. The van der Waals surface area contributed by atoms with Gasteiger partial charge in [-0.1, -0.05) is 11.8 Å². The number of nitrogens with zero attached hydrogens (tertiary/aromatic N) is 4. The Morgan fingerprint density at radius 2 is 2.32 bits per heavy atom. The summed E-state index contributed by atoms with van der Waals surface area (Å²) in [5.74, 6) is 0.235. The maximum absolute atomic E-state index is 11.8. The standard InChI is InChI=1S/C10H17N5O3S/c16-4-3-15-10(12-13-14-15)19-7-9(17)11-8-1-5-18-6-2-8/h8,16H,1-7H2,(H,11,17). The zero-order valence-corrected chi connectivity index (χ0v) is 11.3. The summed E-state index contributed by atoms with van der Waals surface area (Å²) in [5.41, 5.74) is 0. The van der Waals surface area contributed by atoms with Crippen LogP contribution in [0.2, 0.25) is 0 Å². The molecule has 2 heterocycles. The fourth-order valence-electron chi connectivity index (χ4n) is 1.78. The van der Waals surface area contributed by atoms with E-state index in [2.05, 4.69) is 20.8 Å². The molecule has 8 nitrogen and oxygen atoms in total. The first kappa shape index (κ1) is 14.2. The SMILES string of the molecule is O=C(CSc1nnnn1CCO)NC1CCOCC1. The normalized spacial score (nSPS) is 16.5. The van der Waals surface area contributed by atoms with Crippen LogP contribution in [0.15, 0.2) is 5.16 Å². The predicted molar refractivity (Wildman–Crippen MR) is 67.6 cm³/mol. The summed E-state index contributed by atoms with van der Waals surface area (Å²) < 4.78 is 6.71. The average Bonchev–Trinajstić information content (AvgIpc) is 2.85. The Bertz CT molecular complexity index is 408. The lowest BCUT2D eigenvalue weighted by atomic mass is 10.1. The lowest BCUT2D eigenvalue weighted by molar-refractivity contribution is -0.119. The predicted octanol–water partition coefficient (Wildman–Crippen LogP) is -0.947. The molecule has 19 heavy (non-hydrogen) atoms. The van der Waals surface area contributed by atoms with Crippen molar-refractivity contribution in [2.75, 3.05) is 25.6 Å². The van der Waals surface area contributed by atoms with Crippen LogP contribution in [-0.2, 0) is 16.1 Å². The number of aliphatic hydroxyl groups is 1. The second kappa shape index (κ2) is 7.41. The molecule has 1 amide bonds. The molecule has 2 rings (SSSR count). The van der Waals surface area contributed by atoms with E-state index in [1.165, 1.54) is 16.4 Å². The van der Waals surface area contributed by atoms with E-state index in [1.54, 1.807) is 0 Å². The zero-order valence-electron chi connectivity index (χ0n) is 10.5. The van der Waals surface area contributed by atoms with Gasteiger partial charge in [-0.25, -0.2) is 4.68 Å². The Morgan fingerprint density at radius 1 is 1.53 bits per heavy atom. The van der Waals surface area contributed by atoms with E-state index in [0.29, 0.717) is 24.9 Å². The molecule has 1 aliphatic rings. The van der Waals surface area contributed by atoms with E-state index in [0.717, 1.165) is 12.8 Å². The molecule has 1 fully saturated rings. The molecule has 0 aliphatic carbocycles. The number of carbonyl (C=O) groups excluding carboxylic acids is 1. The van der Waals surface area contributed by atoms with E-state index < -0.39 is 0 Å². The molecule has 0 atom stereocenters. The van der Waals surface area contributed by atoms with Crippen molar-refractivity contribution in [1.82, 2.24) is 25.5 Å². The fourth-order valence-corrected chi connectivity index (χ4v) is 2.49. The molecule has 0 bridgehead atoms. The molecule has 106 valence electrons. The minimum absolute atomic E-state index is 0.0320. The maximum atomic E-state index is 11.8. The van der Waals surface area contributed by atoms with Gasteiger partial charge in [-0.3, -0.25) is 4.79 Å². The zero-order chi connectivity index (χ0) is 13.5. The van der Waals surface area contributed by atoms with Crippen molar-refractivity contribution >= 4 is 17.7 Å². The molecule has 1 saturated heterocycles. The number of aromatic nitrogens is 4. The number of hydrogen-bond acceptors (Lipinski definition) is 7. The van der Waals surface area contributed by atoms with Crippen LogP contribution in [0.25, 0.3) is 0 Å². The van der Waals surface area contributed by atoms with Crippen molar-refractivity contribution in [3.05, 3.63) is 0 Å². The topological polar surface area (TPSA) is 102 Å². The number of nitrogens with one attached hydrogen (secondary N) is 1. The van der Waals surface area contributed by atoms with Crippen LogP contribution in [0.5, 0.6) is 0 Å². The maximum Gasteiger partial charge on any atom is 0.230 e. The molecule has 0 spiro atoms. The summed E-state index contributed by atoms with van der Waals surface area (Å²) in [5, 5.41) is 23.4. The molecule has 1 aliphatic heterocycles. The van der Waals surface area contributed by atoms with Gasteiger partial charge in [-0.05, 0) is 23.3 Å². The smallest absolute Gasteiger partial charge is 0.230 e. The average molecular weight is 287 g/mol. The summed E-state index contributed by atoms with van der Waals surface area (Å²) in [7, 11) is 0. The molecule has 9 heteroatoms. The quantitative estimate of drug-likeness (QED) is 0.650. The van der Waals surface area contributed by atoms with Gasteiger partial charge in [0, 0.05) is 19.3 Å². The van der Waals surface area contributed by atoms with Gasteiger partial charge in [0.15, 0.2) is 0 Å². The highest BCUT2D eigenvalue weighted by molar-refractivity contribution is 7.99. The van der Waals surface area contributed by atoms with Gasteiger partial charge < -0.3 is 15.2 Å². The Labute approximate surface area is 114 Å². The third kappa shape index (κ3) is 4.44. The Balaban J connectivity index is 1.74. The van der Waals surface area contributed by atoms with Gasteiger partial charge in [0.25, 0.3) is 0 Å². The minimum Gasteiger partial charge on any atom is -0.394 e. The third-order valence-corrected chi connectivity index (χ3v) is 3.69. The van der Waals surface area contributed by atoms with Crippen LogP contribution in [-0.4, -0.2) is 62.8 Å². The highest BCUT2D eigenvalue weighted by atomic mass is 32.2. The van der Waals surface area contributed by atoms with Crippen LogP contribution < -0.4 is 5.32 Å². The van der Waals surface area contributed by atoms with Crippen LogP contribution >= 0.6 is 11.8 Å². The number of rotatable bonds is 6. The van der Waals surface area contributed by atoms with Gasteiger partial charge in [0.05, 0.1) is 18.9 Å². The Kier molecular flexibility index (Phi) is 5.55. The second-order valence-corrected chi connectivity index (χ2v) is 5.09. The minimum atomic E-state index is -0.0349. The highest BCUT2D eigenvalue weighted by Gasteiger charge is 2.17. The lowest BCUT2D eigenvalue weighted by Gasteiger charge is -2.22. The third-order valence-electron chi connectivity index (χ3n) is 2.73. The first-order valence-corrected chi connectivity index (χ1v) is 7.15. The number of aliphatic hydroxyl groups excluding tert-OH is 1. The van der Waals surface area contributed by atoms with Gasteiger partial charge in [0.1, 0.15) is 0 Å². The van der Waals surface area contributed by atoms with Crippen molar-refractivity contribution in [1.29, 1.82) is 0 Å². The van der Waals surface area contributed by atoms with Crippen LogP contribution in [0, 0.1) is 0 Å². The largest absolute Gasteiger partial charge is 0.394 e. The molecule has 0 saturated carbocycles. The first-order chi connectivity index (χ1) is 9.29. The summed E-state index contributed by atoms with van der Waals surface area (Å²) in [4.78, 5) is 11.8. The summed E-state index contributed by atoms with van der Waals surface area (Å²) >= 11 is 1.26. The number of amides is 1. The molecule has 2 N–H and O–H groups in total. The molecular formula is C10H17N5O3S. The van der Waals surface area contributed by atoms with E-state index in [-0.39, 0.29) is 24.3 Å². The molecule has 0 unspecified atom stereocenters. The van der Waals surface area contributed by atoms with Crippen molar-refractivity contribution in [2.45, 2.75) is 30.6 Å². The molecule has 0 radical (unpaired) electrons. The highest BCUT2D eigenvalue weighted by Crippen LogP contribution is 2.13. The van der Waals surface area contributed by atoms with Gasteiger partial charge in [-0.15, -0.1) is 5.10 Å². The van der Waals surface area contributed by atoms with Crippen molar-refractivity contribution in [3.8, 4) is 0 Å².